The topological polar surface area (TPSA) is 131 Å². The van der Waals surface area contributed by atoms with E-state index in [-0.39, 0.29) is 17.9 Å². The molecule has 3 aromatic rings. The average Bonchev–Trinajstić information content (AvgIpc) is 3.13. The van der Waals surface area contributed by atoms with E-state index in [1.54, 1.807) is 31.2 Å². The molecule has 32 heavy (non-hydrogen) atoms. The highest BCUT2D eigenvalue weighted by Crippen LogP contribution is 2.38. The molecule has 11 heteroatoms. The molecule has 1 heterocycles. The molecule has 0 fully saturated rings. The number of hydrogen-bond donors (Lipinski definition) is 1. The van der Waals surface area contributed by atoms with Gasteiger partial charge in [-0.3, -0.25) is 9.42 Å². The van der Waals surface area contributed by atoms with Gasteiger partial charge < -0.3 is 24.2 Å². The zero-order valence-corrected chi connectivity index (χ0v) is 17.9. The number of hydrazone groups is 1. The van der Waals surface area contributed by atoms with Crippen molar-refractivity contribution in [2.24, 2.45) is 5.10 Å². The van der Waals surface area contributed by atoms with Crippen LogP contribution in [0.15, 0.2) is 46.1 Å². The highest BCUT2D eigenvalue weighted by molar-refractivity contribution is 5.96. The van der Waals surface area contributed by atoms with Crippen LogP contribution in [0.5, 0.6) is 23.0 Å². The fourth-order valence-corrected chi connectivity index (χ4v) is 2.77. The molecular weight excluding hydrogens is 420 g/mol. The second-order valence-corrected chi connectivity index (χ2v) is 6.44. The largest absolute Gasteiger partial charge is 0.493 e. The summed E-state index contributed by atoms with van der Waals surface area (Å²) in [5.41, 5.74) is 4.13. The minimum Gasteiger partial charge on any atom is -0.493 e. The van der Waals surface area contributed by atoms with Crippen molar-refractivity contribution in [1.29, 1.82) is 0 Å². The number of benzene rings is 2. The lowest BCUT2D eigenvalue weighted by Gasteiger charge is -2.13. The van der Waals surface area contributed by atoms with Crippen LogP contribution in [0.4, 0.5) is 0 Å². The van der Waals surface area contributed by atoms with Crippen LogP contribution in [-0.4, -0.2) is 38.6 Å². The lowest BCUT2D eigenvalue weighted by Crippen LogP contribution is -2.29. The number of amides is 1. The molecule has 1 aromatic heterocycles. The summed E-state index contributed by atoms with van der Waals surface area (Å²) in [5.74, 6) is 1.14. The van der Waals surface area contributed by atoms with Gasteiger partial charge in [0.2, 0.25) is 17.1 Å². The SMILES string of the molecule is COc1cc(C(=O)N/N=C/c2cccc(OCc3c(C)no[n+]3[O-])c2)cc(OC)c1OC. The summed E-state index contributed by atoms with van der Waals surface area (Å²) in [6, 6.07) is 10.0. The molecule has 0 saturated heterocycles. The maximum absolute atomic E-state index is 12.5. The van der Waals surface area contributed by atoms with Gasteiger partial charge in [-0.15, -0.1) is 0 Å². The summed E-state index contributed by atoms with van der Waals surface area (Å²) in [5, 5.41) is 19.0. The number of hydrogen-bond acceptors (Lipinski definition) is 9. The molecule has 0 aliphatic carbocycles. The van der Waals surface area contributed by atoms with E-state index in [2.05, 4.69) is 20.3 Å². The maximum atomic E-state index is 12.5. The van der Waals surface area contributed by atoms with Crippen LogP contribution < -0.4 is 29.3 Å². The van der Waals surface area contributed by atoms with Crippen molar-refractivity contribution in [3.63, 3.8) is 0 Å². The van der Waals surface area contributed by atoms with Gasteiger partial charge in [0.1, 0.15) is 5.75 Å². The van der Waals surface area contributed by atoms with Crippen LogP contribution in [0.25, 0.3) is 0 Å². The first kappa shape index (κ1) is 22.4. The standard InChI is InChI=1S/C21H22N4O7/c1-13-17(25(27)32-24-13)12-31-16-7-5-6-14(8-16)11-22-23-21(26)15-9-18(28-2)20(30-4)19(10-15)29-3/h5-11H,12H2,1-4H3,(H,23,26)/b22-11+. The third-order valence-electron chi connectivity index (χ3n) is 4.43. The van der Waals surface area contributed by atoms with Crippen molar-refractivity contribution < 1.29 is 33.3 Å². The van der Waals surface area contributed by atoms with Gasteiger partial charge in [-0.2, -0.15) is 5.10 Å². The van der Waals surface area contributed by atoms with Crippen LogP contribution in [0.3, 0.4) is 0 Å². The van der Waals surface area contributed by atoms with E-state index in [1.807, 2.05) is 0 Å². The Labute approximate surface area is 183 Å². The number of nitrogens with zero attached hydrogens (tertiary/aromatic N) is 3. The van der Waals surface area contributed by atoms with Crippen molar-refractivity contribution in [3.05, 3.63) is 64.1 Å². The zero-order valence-electron chi connectivity index (χ0n) is 17.9. The Morgan fingerprint density at radius 3 is 2.50 bits per heavy atom. The molecule has 0 spiro atoms. The van der Waals surface area contributed by atoms with Gasteiger partial charge >= 0.3 is 0 Å². The van der Waals surface area contributed by atoms with Crippen molar-refractivity contribution in [3.8, 4) is 23.0 Å². The fourth-order valence-electron chi connectivity index (χ4n) is 2.77. The Balaban J connectivity index is 1.66. The summed E-state index contributed by atoms with van der Waals surface area (Å²) in [6.45, 7) is 1.65. The van der Waals surface area contributed by atoms with E-state index in [0.717, 1.165) is 0 Å². The number of nitrogens with one attached hydrogen (secondary N) is 1. The van der Waals surface area contributed by atoms with E-state index in [9.17, 15) is 10.0 Å². The van der Waals surface area contributed by atoms with Gasteiger partial charge in [0.05, 0.1) is 27.5 Å². The number of ether oxygens (including phenoxy) is 4. The van der Waals surface area contributed by atoms with Crippen LogP contribution in [-0.2, 0) is 6.61 Å². The molecule has 0 atom stereocenters. The maximum Gasteiger partial charge on any atom is 0.271 e. The molecule has 0 unspecified atom stereocenters. The Kier molecular flexibility index (Phi) is 7.11. The van der Waals surface area contributed by atoms with E-state index in [0.29, 0.717) is 39.2 Å². The van der Waals surface area contributed by atoms with Gasteiger partial charge in [-0.1, -0.05) is 12.1 Å². The summed E-state index contributed by atoms with van der Waals surface area (Å²) >= 11 is 0. The van der Waals surface area contributed by atoms with Gasteiger partial charge in [0.25, 0.3) is 5.91 Å². The normalized spacial score (nSPS) is 10.8. The van der Waals surface area contributed by atoms with Crippen LogP contribution in [0, 0.1) is 12.1 Å². The number of methoxy groups -OCH3 is 3. The minimum atomic E-state index is -0.462. The Morgan fingerprint density at radius 2 is 1.91 bits per heavy atom. The predicted octanol–water partition coefficient (Wildman–Crippen LogP) is 1.99. The molecule has 11 nitrogen and oxygen atoms in total. The Morgan fingerprint density at radius 1 is 1.19 bits per heavy atom. The molecule has 2 aromatic carbocycles. The minimum absolute atomic E-state index is 0.00268. The van der Waals surface area contributed by atoms with Crippen LogP contribution >= 0.6 is 0 Å². The lowest BCUT2D eigenvalue weighted by atomic mass is 10.1. The van der Waals surface area contributed by atoms with Crippen LogP contribution in [0.2, 0.25) is 0 Å². The second kappa shape index (κ2) is 10.2. The number of carbonyl (C=O) groups excluding carboxylic acids is 1. The third kappa shape index (κ3) is 5.06. The van der Waals surface area contributed by atoms with Crippen molar-refractivity contribution in [1.82, 2.24) is 10.6 Å². The fraction of sp³-hybridized carbons (Fsp3) is 0.238. The quantitative estimate of drug-likeness (QED) is 0.302. The summed E-state index contributed by atoms with van der Waals surface area (Å²) in [7, 11) is 4.41. The predicted molar refractivity (Wildman–Crippen MR) is 112 cm³/mol. The smallest absolute Gasteiger partial charge is 0.271 e. The number of aromatic nitrogens is 2. The van der Waals surface area contributed by atoms with Gasteiger partial charge in [0, 0.05) is 17.6 Å². The van der Waals surface area contributed by atoms with E-state index < -0.39 is 5.91 Å². The van der Waals surface area contributed by atoms with Crippen molar-refractivity contribution >= 4 is 12.1 Å². The lowest BCUT2D eigenvalue weighted by molar-refractivity contribution is -0.808. The van der Waals surface area contributed by atoms with Crippen molar-refractivity contribution in [2.45, 2.75) is 13.5 Å². The third-order valence-corrected chi connectivity index (χ3v) is 4.43. The highest BCUT2D eigenvalue weighted by Gasteiger charge is 2.17. The second-order valence-electron chi connectivity index (χ2n) is 6.44. The average molecular weight is 442 g/mol. The van der Waals surface area contributed by atoms with Gasteiger partial charge in [0.15, 0.2) is 18.1 Å². The molecule has 1 N–H and O–H groups in total. The monoisotopic (exact) mass is 442 g/mol. The first-order valence-electron chi connectivity index (χ1n) is 9.38. The van der Waals surface area contributed by atoms with Crippen LogP contribution in [0.1, 0.15) is 27.3 Å². The molecule has 0 aliphatic heterocycles. The molecule has 0 saturated carbocycles. The number of carbonyl (C=O) groups is 1. The molecular formula is C21H22N4O7. The molecule has 3 rings (SSSR count). The summed E-state index contributed by atoms with van der Waals surface area (Å²) in [6.07, 6.45) is 1.46. The molecule has 0 radical (unpaired) electrons. The van der Waals surface area contributed by atoms with Gasteiger partial charge in [-0.05, 0) is 34.7 Å². The number of aryl methyl sites for hydroxylation is 1. The molecule has 0 aliphatic rings. The molecule has 168 valence electrons. The van der Waals surface area contributed by atoms with Gasteiger partial charge in [-0.25, -0.2) is 5.43 Å². The Hall–Kier alpha value is -4.28. The van der Waals surface area contributed by atoms with E-state index in [4.69, 9.17) is 18.9 Å². The molecule has 1 amide bonds. The van der Waals surface area contributed by atoms with Crippen molar-refractivity contribution in [2.75, 3.05) is 21.3 Å². The summed E-state index contributed by atoms with van der Waals surface area (Å²) in [4.78, 5) is 12.8. The first-order chi connectivity index (χ1) is 15.5. The zero-order chi connectivity index (χ0) is 23.1. The summed E-state index contributed by atoms with van der Waals surface area (Å²) < 4.78 is 25.9. The van der Waals surface area contributed by atoms with E-state index >= 15 is 0 Å². The number of rotatable bonds is 9. The Bertz CT molecular complexity index is 1080. The molecule has 0 bridgehead atoms. The van der Waals surface area contributed by atoms with E-state index in [1.165, 1.54) is 39.7 Å². The first-order valence-corrected chi connectivity index (χ1v) is 9.38. The highest BCUT2D eigenvalue weighted by atomic mass is 16.8.